The number of methoxy groups -OCH3 is 1. The zero-order chi connectivity index (χ0) is 25.8. The highest BCUT2D eigenvalue weighted by Crippen LogP contribution is 2.33. The summed E-state index contributed by atoms with van der Waals surface area (Å²) in [5.74, 6) is -0.554. The Balaban J connectivity index is 1.61. The number of allylic oxidation sites excluding steroid dienone is 2. The van der Waals surface area contributed by atoms with E-state index in [0.29, 0.717) is 6.42 Å². The van der Waals surface area contributed by atoms with Crippen molar-refractivity contribution in [1.82, 2.24) is 0 Å². The maximum atomic E-state index is 14.1. The molecule has 0 heterocycles. The number of nitrogens with one attached hydrogen (secondary N) is 1. The van der Waals surface area contributed by atoms with E-state index in [-0.39, 0.29) is 17.9 Å². The first kappa shape index (κ1) is 25.2. The molecule has 186 valence electrons. The largest absolute Gasteiger partial charge is 0.416 e. The summed E-state index contributed by atoms with van der Waals surface area (Å²) in [7, 11) is 1.51. The van der Waals surface area contributed by atoms with Crippen molar-refractivity contribution in [3.63, 3.8) is 0 Å². The minimum atomic E-state index is -4.56. The summed E-state index contributed by atoms with van der Waals surface area (Å²) in [5.41, 5.74) is 0.405. The van der Waals surface area contributed by atoms with Crippen LogP contribution in [-0.4, -0.2) is 25.3 Å². The fourth-order valence-corrected chi connectivity index (χ4v) is 3.99. The summed E-state index contributed by atoms with van der Waals surface area (Å²) in [5, 5.41) is 2.51. The summed E-state index contributed by atoms with van der Waals surface area (Å²) in [6.45, 7) is -0.00713. The van der Waals surface area contributed by atoms with Crippen LogP contribution in [0.4, 0.5) is 33.7 Å². The minimum Gasteiger partial charge on any atom is -0.372 e. The lowest BCUT2D eigenvalue weighted by molar-refractivity contribution is -0.137. The molecule has 1 aliphatic rings. The van der Waals surface area contributed by atoms with Gasteiger partial charge in [-0.1, -0.05) is 60.7 Å². The molecule has 36 heavy (non-hydrogen) atoms. The van der Waals surface area contributed by atoms with Gasteiger partial charge in [-0.15, -0.1) is 0 Å². The van der Waals surface area contributed by atoms with Crippen LogP contribution in [0.5, 0.6) is 0 Å². The molecule has 3 aromatic carbocycles. The van der Waals surface area contributed by atoms with Crippen LogP contribution in [0.25, 0.3) is 5.57 Å². The Morgan fingerprint density at radius 3 is 2.42 bits per heavy atom. The van der Waals surface area contributed by atoms with Crippen LogP contribution in [-0.2, 0) is 10.9 Å². The van der Waals surface area contributed by atoms with Crippen LogP contribution < -0.4 is 10.2 Å². The number of amides is 2. The molecule has 8 heteroatoms. The van der Waals surface area contributed by atoms with E-state index < -0.39 is 29.2 Å². The number of carbonyl (C=O) groups is 1. The lowest BCUT2D eigenvalue weighted by Gasteiger charge is -2.36. The summed E-state index contributed by atoms with van der Waals surface area (Å²) in [6.07, 6.45) is 1.61. The van der Waals surface area contributed by atoms with Crippen molar-refractivity contribution in [2.75, 3.05) is 23.9 Å². The van der Waals surface area contributed by atoms with Crippen LogP contribution in [0, 0.1) is 5.82 Å². The normalized spacial score (nSPS) is 17.4. The van der Waals surface area contributed by atoms with Crippen molar-refractivity contribution >= 4 is 23.0 Å². The number of rotatable bonds is 6. The third-order valence-corrected chi connectivity index (χ3v) is 5.98. The second-order valence-electron chi connectivity index (χ2n) is 8.41. The third-order valence-electron chi connectivity index (χ3n) is 5.98. The second-order valence-corrected chi connectivity index (χ2v) is 8.41. The first-order valence-corrected chi connectivity index (χ1v) is 11.2. The summed E-state index contributed by atoms with van der Waals surface area (Å²) >= 11 is 0. The molecule has 0 aliphatic heterocycles. The van der Waals surface area contributed by atoms with Gasteiger partial charge in [0.2, 0.25) is 0 Å². The molecule has 0 aromatic heterocycles. The predicted octanol–water partition coefficient (Wildman–Crippen LogP) is 7.31. The molecule has 2 amide bonds. The maximum Gasteiger partial charge on any atom is 0.416 e. The van der Waals surface area contributed by atoms with Crippen molar-refractivity contribution in [3.8, 4) is 0 Å². The predicted molar refractivity (Wildman–Crippen MR) is 132 cm³/mol. The molecule has 0 saturated heterocycles. The summed E-state index contributed by atoms with van der Waals surface area (Å²) in [6, 6.07) is 18.8. The first-order chi connectivity index (χ1) is 17.2. The SMILES string of the molecule is COC1(CN(C(=O)Nc2cccc(C(F)(F)F)c2)c2cccc(F)c2)C=CC(c2ccccc2)=CC1. The van der Waals surface area contributed by atoms with Gasteiger partial charge in [0.15, 0.2) is 0 Å². The smallest absolute Gasteiger partial charge is 0.372 e. The van der Waals surface area contributed by atoms with Crippen molar-refractivity contribution < 1.29 is 27.1 Å². The Morgan fingerprint density at radius 2 is 1.78 bits per heavy atom. The molecule has 4 nitrogen and oxygen atoms in total. The average molecular weight is 497 g/mol. The van der Waals surface area contributed by atoms with Gasteiger partial charge in [-0.25, -0.2) is 9.18 Å². The number of ether oxygens (including phenoxy) is 1. The van der Waals surface area contributed by atoms with Gasteiger partial charge >= 0.3 is 12.2 Å². The van der Waals surface area contributed by atoms with Crippen LogP contribution >= 0.6 is 0 Å². The lowest BCUT2D eigenvalue weighted by Crippen LogP contribution is -2.48. The third kappa shape index (κ3) is 5.83. The number of anilines is 2. The molecule has 0 spiro atoms. The molecule has 0 saturated carbocycles. The van der Waals surface area contributed by atoms with Crippen LogP contribution in [0.15, 0.2) is 97.1 Å². The van der Waals surface area contributed by atoms with Crippen molar-refractivity contribution in [2.24, 2.45) is 0 Å². The fraction of sp³-hybridized carbons (Fsp3) is 0.179. The standard InChI is InChI=1S/C28H24F4N2O2/c1-36-27(15-13-21(14-16-27)20-7-3-2-4-8-20)19-34(25-12-6-10-23(29)18-25)26(35)33-24-11-5-9-22(17-24)28(30,31)32/h2-15,17-18H,16,19H2,1H3,(H,33,35). The highest BCUT2D eigenvalue weighted by molar-refractivity contribution is 6.02. The molecule has 1 aliphatic carbocycles. The van der Waals surface area contributed by atoms with Crippen molar-refractivity contribution in [1.29, 1.82) is 0 Å². The van der Waals surface area contributed by atoms with Gasteiger partial charge in [0, 0.05) is 24.9 Å². The molecule has 1 unspecified atom stereocenters. The molecule has 3 aromatic rings. The number of carbonyl (C=O) groups excluding carboxylic acids is 1. The molecular weight excluding hydrogens is 472 g/mol. The highest BCUT2D eigenvalue weighted by Gasteiger charge is 2.34. The Labute approximate surface area is 206 Å². The zero-order valence-corrected chi connectivity index (χ0v) is 19.4. The number of urea groups is 1. The highest BCUT2D eigenvalue weighted by atomic mass is 19.4. The Hall–Kier alpha value is -3.91. The number of hydrogen-bond acceptors (Lipinski definition) is 2. The van der Waals surface area contributed by atoms with Crippen molar-refractivity contribution in [3.05, 3.63) is 114 Å². The number of nitrogens with zero attached hydrogens (tertiary/aromatic N) is 1. The molecule has 0 fully saturated rings. The van der Waals surface area contributed by atoms with E-state index in [1.165, 1.54) is 42.3 Å². The Kier molecular flexibility index (Phi) is 7.26. The molecule has 0 bridgehead atoms. The lowest BCUT2D eigenvalue weighted by atomic mass is 9.88. The van der Waals surface area contributed by atoms with E-state index in [1.54, 1.807) is 6.07 Å². The zero-order valence-electron chi connectivity index (χ0n) is 19.4. The number of alkyl halides is 3. The van der Waals surface area contributed by atoms with Crippen LogP contribution in [0.1, 0.15) is 17.5 Å². The van der Waals surface area contributed by atoms with Crippen LogP contribution in [0.3, 0.4) is 0 Å². The number of hydrogen-bond donors (Lipinski definition) is 1. The quantitative estimate of drug-likeness (QED) is 0.364. The molecule has 1 N–H and O–H groups in total. The van der Waals surface area contributed by atoms with E-state index >= 15 is 0 Å². The van der Waals surface area contributed by atoms with E-state index in [0.717, 1.165) is 23.3 Å². The Morgan fingerprint density at radius 1 is 1.03 bits per heavy atom. The maximum absolute atomic E-state index is 14.1. The minimum absolute atomic E-state index is 0.00713. The second kappa shape index (κ2) is 10.4. The van der Waals surface area contributed by atoms with E-state index in [2.05, 4.69) is 5.32 Å². The number of halogens is 4. The van der Waals surface area contributed by atoms with Gasteiger partial charge in [-0.3, -0.25) is 4.90 Å². The van der Waals surface area contributed by atoms with Gasteiger partial charge in [0.05, 0.1) is 12.1 Å². The van der Waals surface area contributed by atoms with E-state index in [4.69, 9.17) is 4.74 Å². The summed E-state index contributed by atoms with van der Waals surface area (Å²) in [4.78, 5) is 14.6. The van der Waals surface area contributed by atoms with Gasteiger partial charge in [0.1, 0.15) is 11.4 Å². The van der Waals surface area contributed by atoms with Crippen molar-refractivity contribution in [2.45, 2.75) is 18.2 Å². The van der Waals surface area contributed by atoms with Gasteiger partial charge in [-0.05, 0) is 47.5 Å². The van der Waals surface area contributed by atoms with Crippen LogP contribution in [0.2, 0.25) is 0 Å². The van der Waals surface area contributed by atoms with Gasteiger partial charge in [0.25, 0.3) is 0 Å². The molecular formula is C28H24F4N2O2. The first-order valence-electron chi connectivity index (χ1n) is 11.2. The van der Waals surface area contributed by atoms with E-state index in [9.17, 15) is 22.4 Å². The average Bonchev–Trinajstić information content (AvgIpc) is 2.88. The molecule has 1 atom stereocenters. The topological polar surface area (TPSA) is 41.6 Å². The van der Waals surface area contributed by atoms with Gasteiger partial charge in [-0.2, -0.15) is 13.2 Å². The van der Waals surface area contributed by atoms with Gasteiger partial charge < -0.3 is 10.1 Å². The molecule has 4 rings (SSSR count). The molecule has 0 radical (unpaired) electrons. The van der Waals surface area contributed by atoms with E-state index in [1.807, 2.05) is 48.6 Å². The number of benzene rings is 3. The Bertz CT molecular complexity index is 1290. The summed E-state index contributed by atoms with van der Waals surface area (Å²) < 4.78 is 59.3. The fourth-order valence-electron chi connectivity index (χ4n) is 3.99. The monoisotopic (exact) mass is 496 g/mol.